The molecule has 0 radical (unpaired) electrons. The molecule has 0 bridgehead atoms. The van der Waals surface area contributed by atoms with Crippen LogP contribution in [0.4, 0.5) is 5.82 Å². The van der Waals surface area contributed by atoms with Crippen LogP contribution in [-0.2, 0) is 13.0 Å². The van der Waals surface area contributed by atoms with E-state index in [9.17, 15) is 0 Å². The Bertz CT molecular complexity index is 972. The van der Waals surface area contributed by atoms with Crippen molar-refractivity contribution in [3.05, 3.63) is 62.2 Å². The molecule has 0 aliphatic heterocycles. The molecule has 0 spiro atoms. The van der Waals surface area contributed by atoms with Crippen molar-refractivity contribution in [1.29, 1.82) is 0 Å². The lowest BCUT2D eigenvalue weighted by Gasteiger charge is -2.11. The Morgan fingerprint density at radius 2 is 2.04 bits per heavy atom. The van der Waals surface area contributed by atoms with Crippen LogP contribution in [0.2, 0.25) is 5.15 Å². The summed E-state index contributed by atoms with van der Waals surface area (Å²) in [4.78, 5) is 19.4. The highest BCUT2D eigenvalue weighted by Crippen LogP contribution is 2.49. The van der Waals surface area contributed by atoms with Crippen LogP contribution in [0.1, 0.15) is 51.4 Å². The number of hydrogen-bond donors (Lipinski definition) is 1. The van der Waals surface area contributed by atoms with E-state index in [1.165, 1.54) is 17.0 Å². The van der Waals surface area contributed by atoms with Crippen molar-refractivity contribution in [2.75, 3.05) is 5.32 Å². The highest BCUT2D eigenvalue weighted by molar-refractivity contribution is 7.11. The van der Waals surface area contributed by atoms with E-state index in [2.05, 4.69) is 32.4 Å². The second-order valence-electron chi connectivity index (χ2n) is 7.39. The van der Waals surface area contributed by atoms with Crippen molar-refractivity contribution in [1.82, 2.24) is 19.9 Å². The van der Waals surface area contributed by atoms with Crippen molar-refractivity contribution in [2.45, 2.75) is 52.5 Å². The van der Waals surface area contributed by atoms with Crippen molar-refractivity contribution in [3.8, 4) is 0 Å². The molecule has 146 valence electrons. The topological polar surface area (TPSA) is 63.6 Å². The monoisotopic (exact) mass is 413 g/mol. The van der Waals surface area contributed by atoms with Gasteiger partial charge in [-0.05, 0) is 51.7 Å². The Kier molecular flexibility index (Phi) is 5.60. The van der Waals surface area contributed by atoms with E-state index >= 15 is 0 Å². The Morgan fingerprint density at radius 3 is 2.75 bits per heavy atom. The summed E-state index contributed by atoms with van der Waals surface area (Å²) >= 11 is 8.09. The molecule has 0 unspecified atom stereocenters. The first-order valence-electron chi connectivity index (χ1n) is 9.62. The number of nitrogens with zero attached hydrogens (tertiary/aromatic N) is 4. The lowest BCUT2D eigenvalue weighted by Crippen LogP contribution is -2.07. The average Bonchev–Trinajstić information content (AvgIpc) is 3.39. The summed E-state index contributed by atoms with van der Waals surface area (Å²) < 4.78 is 0. The molecule has 0 saturated heterocycles. The van der Waals surface area contributed by atoms with E-state index in [1.54, 1.807) is 11.3 Å². The van der Waals surface area contributed by atoms with Gasteiger partial charge in [-0.3, -0.25) is 4.98 Å². The average molecular weight is 414 g/mol. The molecule has 0 amide bonds. The lowest BCUT2D eigenvalue weighted by molar-refractivity contribution is 0.674. The normalized spacial score (nSPS) is 18.3. The second kappa shape index (κ2) is 8.13. The predicted molar refractivity (Wildman–Crippen MR) is 114 cm³/mol. The zero-order valence-electron chi connectivity index (χ0n) is 16.4. The zero-order valence-corrected chi connectivity index (χ0v) is 17.9. The minimum Gasteiger partial charge on any atom is -0.365 e. The highest BCUT2D eigenvalue weighted by Gasteiger charge is 2.38. The van der Waals surface area contributed by atoms with Gasteiger partial charge in [-0.25, -0.2) is 15.0 Å². The molecule has 2 atom stereocenters. The molecule has 1 aliphatic carbocycles. The maximum absolute atomic E-state index is 6.38. The summed E-state index contributed by atoms with van der Waals surface area (Å²) in [5.41, 5.74) is 3.16. The third-order valence-electron chi connectivity index (χ3n) is 5.28. The number of halogens is 1. The van der Waals surface area contributed by atoms with Crippen LogP contribution < -0.4 is 5.32 Å². The number of thiazole rings is 1. The van der Waals surface area contributed by atoms with Gasteiger partial charge in [0, 0.05) is 34.7 Å². The van der Waals surface area contributed by atoms with Crippen molar-refractivity contribution < 1.29 is 0 Å². The fourth-order valence-electron chi connectivity index (χ4n) is 3.56. The molecule has 5 nitrogen and oxygen atoms in total. The van der Waals surface area contributed by atoms with Gasteiger partial charge in [-0.1, -0.05) is 17.7 Å². The first-order valence-corrected chi connectivity index (χ1v) is 10.8. The van der Waals surface area contributed by atoms with Crippen LogP contribution in [0.3, 0.4) is 0 Å². The lowest BCUT2D eigenvalue weighted by atomic mass is 10.1. The number of hydrogen-bond acceptors (Lipinski definition) is 6. The van der Waals surface area contributed by atoms with Crippen LogP contribution in [0.5, 0.6) is 0 Å². The predicted octanol–water partition coefficient (Wildman–Crippen LogP) is 5.26. The Morgan fingerprint density at radius 1 is 1.18 bits per heavy atom. The molecule has 3 aromatic rings. The Hall–Kier alpha value is -2.05. The molecular weight excluding hydrogens is 390 g/mol. The molecule has 3 aromatic heterocycles. The van der Waals surface area contributed by atoms with Crippen molar-refractivity contribution in [2.24, 2.45) is 5.92 Å². The highest BCUT2D eigenvalue weighted by atomic mass is 35.5. The number of nitrogens with one attached hydrogen (secondary N) is 1. The number of aryl methyl sites for hydroxylation is 3. The van der Waals surface area contributed by atoms with Gasteiger partial charge in [-0.15, -0.1) is 11.3 Å². The maximum atomic E-state index is 6.38. The van der Waals surface area contributed by atoms with Crippen LogP contribution in [-0.4, -0.2) is 19.9 Å². The summed E-state index contributed by atoms with van der Waals surface area (Å²) in [6.45, 7) is 6.73. The second-order valence-corrected chi connectivity index (χ2v) is 9.04. The minimum atomic E-state index is 0.529. The van der Waals surface area contributed by atoms with E-state index < -0.39 is 0 Å². The Balaban J connectivity index is 1.39. The molecule has 0 aromatic carbocycles. The largest absolute Gasteiger partial charge is 0.365 e. The summed E-state index contributed by atoms with van der Waals surface area (Å²) in [6, 6.07) is 6.15. The molecule has 28 heavy (non-hydrogen) atoms. The molecule has 1 saturated carbocycles. The van der Waals surface area contributed by atoms with Gasteiger partial charge < -0.3 is 5.32 Å². The van der Waals surface area contributed by atoms with Crippen molar-refractivity contribution >= 4 is 28.8 Å². The maximum Gasteiger partial charge on any atom is 0.137 e. The summed E-state index contributed by atoms with van der Waals surface area (Å²) in [7, 11) is 0. The van der Waals surface area contributed by atoms with Crippen LogP contribution in [0, 0.1) is 26.7 Å². The van der Waals surface area contributed by atoms with Crippen LogP contribution >= 0.6 is 22.9 Å². The van der Waals surface area contributed by atoms with E-state index in [1.807, 2.05) is 33.0 Å². The summed E-state index contributed by atoms with van der Waals surface area (Å²) in [5.74, 6) is 2.87. The van der Waals surface area contributed by atoms with E-state index in [-0.39, 0.29) is 0 Å². The zero-order chi connectivity index (χ0) is 19.7. The van der Waals surface area contributed by atoms with Crippen molar-refractivity contribution in [3.63, 3.8) is 0 Å². The molecule has 1 aliphatic rings. The number of rotatable bonds is 7. The molecule has 1 fully saturated rings. The SMILES string of the molecule is Cc1nc(C)c(CNc2nc(CC[C@H]3C[C@@H]3c3ccccn3)nc(Cl)c2C)s1. The van der Waals surface area contributed by atoms with Crippen LogP contribution in [0.15, 0.2) is 24.4 Å². The third-order valence-corrected chi connectivity index (χ3v) is 6.72. The van der Waals surface area contributed by atoms with Gasteiger partial charge in [0.1, 0.15) is 16.8 Å². The third kappa shape index (κ3) is 4.33. The number of pyridine rings is 1. The van der Waals surface area contributed by atoms with Gasteiger partial charge in [0.15, 0.2) is 0 Å². The molecule has 1 N–H and O–H groups in total. The molecular formula is C21H24ClN5S. The summed E-state index contributed by atoms with van der Waals surface area (Å²) in [6.07, 6.45) is 4.97. The van der Waals surface area contributed by atoms with E-state index in [0.29, 0.717) is 23.5 Å². The first kappa shape index (κ1) is 19.3. The summed E-state index contributed by atoms with van der Waals surface area (Å²) in [5, 5.41) is 5.04. The standard InChI is InChI=1S/C21H24ClN5S/c1-12-20(22)26-19(8-7-15-10-16(15)17-6-4-5-9-23-17)27-21(12)24-11-18-13(2)25-14(3)28-18/h4-6,9,15-16H,7-8,10-11H2,1-3H3,(H,24,26,27)/t15-,16-/m0/s1. The molecule has 7 heteroatoms. The minimum absolute atomic E-state index is 0.529. The Labute approximate surface area is 174 Å². The van der Waals surface area contributed by atoms with Gasteiger partial charge in [0.2, 0.25) is 0 Å². The fourth-order valence-corrected chi connectivity index (χ4v) is 4.62. The van der Waals surface area contributed by atoms with Gasteiger partial charge in [0.05, 0.1) is 17.2 Å². The van der Waals surface area contributed by atoms with Gasteiger partial charge in [-0.2, -0.15) is 0 Å². The fraction of sp³-hybridized carbons (Fsp3) is 0.429. The first-order chi connectivity index (χ1) is 13.5. The quantitative estimate of drug-likeness (QED) is 0.535. The molecule has 4 rings (SSSR count). The van der Waals surface area contributed by atoms with Gasteiger partial charge >= 0.3 is 0 Å². The van der Waals surface area contributed by atoms with Gasteiger partial charge in [0.25, 0.3) is 0 Å². The number of anilines is 1. The van der Waals surface area contributed by atoms with E-state index in [4.69, 9.17) is 16.6 Å². The van der Waals surface area contributed by atoms with E-state index in [0.717, 1.165) is 40.7 Å². The smallest absolute Gasteiger partial charge is 0.137 e. The number of aromatic nitrogens is 4. The molecule has 3 heterocycles. The van der Waals surface area contributed by atoms with Crippen LogP contribution in [0.25, 0.3) is 0 Å².